The lowest BCUT2D eigenvalue weighted by Crippen LogP contribution is -2.37. The fourth-order valence-electron chi connectivity index (χ4n) is 3.98. The maximum atomic E-state index is 12.2. The number of nitrogens with zero attached hydrogens (tertiary/aromatic N) is 6. The number of carbonyl (C=O) groups is 1. The molecule has 10 nitrogen and oxygen atoms in total. The summed E-state index contributed by atoms with van der Waals surface area (Å²) in [4.78, 5) is 15.7. The second-order valence-corrected chi connectivity index (χ2v) is 7.66. The summed E-state index contributed by atoms with van der Waals surface area (Å²) >= 11 is 6.03. The first kappa shape index (κ1) is 20.7. The van der Waals surface area contributed by atoms with E-state index < -0.39 is 0 Å². The van der Waals surface area contributed by atoms with Crippen LogP contribution >= 0.6 is 11.6 Å². The van der Waals surface area contributed by atoms with E-state index in [2.05, 4.69) is 14.9 Å². The number of fused-ring (bicyclic) bond motifs is 1. The summed E-state index contributed by atoms with van der Waals surface area (Å²) in [6.07, 6.45) is 2.18. The molecule has 30 heavy (non-hydrogen) atoms. The van der Waals surface area contributed by atoms with E-state index in [0.717, 1.165) is 43.1 Å². The molecule has 2 aromatic rings. The Labute approximate surface area is 179 Å². The highest BCUT2D eigenvalue weighted by Crippen LogP contribution is 2.36. The first-order chi connectivity index (χ1) is 14.5. The van der Waals surface area contributed by atoms with Crippen molar-refractivity contribution < 1.29 is 19.0 Å². The van der Waals surface area contributed by atoms with Gasteiger partial charge in [0.25, 0.3) is 0 Å². The van der Waals surface area contributed by atoms with E-state index >= 15 is 0 Å². The van der Waals surface area contributed by atoms with E-state index in [1.807, 2.05) is 11.9 Å². The predicted molar refractivity (Wildman–Crippen MR) is 109 cm³/mol. The summed E-state index contributed by atoms with van der Waals surface area (Å²) in [7, 11) is 4.79. The lowest BCUT2D eigenvalue weighted by Gasteiger charge is -2.29. The highest BCUT2D eigenvalue weighted by molar-refractivity contribution is 6.30. The normalized spacial score (nSPS) is 16.9. The zero-order valence-electron chi connectivity index (χ0n) is 17.3. The summed E-state index contributed by atoms with van der Waals surface area (Å²) in [5.74, 6) is 1.71. The quantitative estimate of drug-likeness (QED) is 0.721. The monoisotopic (exact) mass is 436 g/mol. The SMILES string of the molecule is COC(=O)N1CCc2c(c(N(C)c3cc(OC)c(Cl)nn3)nn2C2CCOCC2)C1. The minimum Gasteiger partial charge on any atom is -0.493 e. The van der Waals surface area contributed by atoms with Gasteiger partial charge in [0.1, 0.15) is 0 Å². The Morgan fingerprint density at radius 1 is 1.30 bits per heavy atom. The van der Waals surface area contributed by atoms with Gasteiger partial charge < -0.3 is 24.0 Å². The third kappa shape index (κ3) is 3.77. The van der Waals surface area contributed by atoms with Crippen LogP contribution in [-0.4, -0.2) is 72.0 Å². The number of methoxy groups -OCH3 is 2. The third-order valence-electron chi connectivity index (χ3n) is 5.62. The van der Waals surface area contributed by atoms with Crippen molar-refractivity contribution >= 4 is 29.3 Å². The molecule has 4 heterocycles. The number of amides is 1. The first-order valence-corrected chi connectivity index (χ1v) is 10.2. The fraction of sp³-hybridized carbons (Fsp3) is 0.579. The Balaban J connectivity index is 1.74. The topological polar surface area (TPSA) is 94.8 Å². The van der Waals surface area contributed by atoms with E-state index in [-0.39, 0.29) is 17.3 Å². The second kappa shape index (κ2) is 8.65. The van der Waals surface area contributed by atoms with Crippen molar-refractivity contribution in [3.05, 3.63) is 22.5 Å². The smallest absolute Gasteiger partial charge is 0.409 e. The van der Waals surface area contributed by atoms with Crippen LogP contribution in [0.4, 0.5) is 16.4 Å². The minimum atomic E-state index is -0.346. The van der Waals surface area contributed by atoms with Gasteiger partial charge in [-0.25, -0.2) is 4.79 Å². The lowest BCUT2D eigenvalue weighted by molar-refractivity contribution is 0.0649. The molecule has 2 aliphatic heterocycles. The Morgan fingerprint density at radius 2 is 2.07 bits per heavy atom. The van der Waals surface area contributed by atoms with Gasteiger partial charge in [0.15, 0.2) is 22.5 Å². The van der Waals surface area contributed by atoms with E-state index in [0.29, 0.717) is 31.1 Å². The number of rotatable bonds is 4. The molecule has 2 aliphatic rings. The Kier molecular flexibility index (Phi) is 5.96. The van der Waals surface area contributed by atoms with E-state index in [1.165, 1.54) is 14.2 Å². The molecule has 0 N–H and O–H groups in total. The van der Waals surface area contributed by atoms with Gasteiger partial charge in [0.05, 0.1) is 26.8 Å². The Hall–Kier alpha value is -2.59. The highest BCUT2D eigenvalue weighted by atomic mass is 35.5. The fourth-order valence-corrected chi connectivity index (χ4v) is 4.15. The number of halogens is 1. The van der Waals surface area contributed by atoms with Gasteiger partial charge >= 0.3 is 6.09 Å². The largest absolute Gasteiger partial charge is 0.493 e. The third-order valence-corrected chi connectivity index (χ3v) is 5.88. The zero-order valence-corrected chi connectivity index (χ0v) is 18.1. The Bertz CT molecular complexity index is 930. The van der Waals surface area contributed by atoms with Crippen molar-refractivity contribution in [2.24, 2.45) is 0 Å². The lowest BCUT2D eigenvalue weighted by atomic mass is 10.0. The molecule has 0 aromatic carbocycles. The van der Waals surface area contributed by atoms with Crippen LogP contribution in [0.5, 0.6) is 5.75 Å². The van der Waals surface area contributed by atoms with Gasteiger partial charge in [0, 0.05) is 50.6 Å². The van der Waals surface area contributed by atoms with Crippen LogP contribution in [0.15, 0.2) is 6.07 Å². The van der Waals surface area contributed by atoms with Crippen LogP contribution in [0, 0.1) is 0 Å². The average Bonchev–Trinajstić information content (AvgIpc) is 3.17. The second-order valence-electron chi connectivity index (χ2n) is 7.30. The molecule has 2 aromatic heterocycles. The van der Waals surface area contributed by atoms with E-state index in [4.69, 9.17) is 30.9 Å². The number of aromatic nitrogens is 4. The van der Waals surface area contributed by atoms with Crippen molar-refractivity contribution in [1.29, 1.82) is 0 Å². The molecule has 0 unspecified atom stereocenters. The number of ether oxygens (including phenoxy) is 3. The summed E-state index contributed by atoms with van der Waals surface area (Å²) in [6.45, 7) is 2.45. The van der Waals surface area contributed by atoms with Crippen molar-refractivity contribution in [2.75, 3.05) is 45.9 Å². The molecule has 0 bridgehead atoms. The molecule has 1 amide bonds. The molecule has 162 valence electrons. The van der Waals surface area contributed by atoms with Crippen LogP contribution in [0.3, 0.4) is 0 Å². The number of anilines is 2. The minimum absolute atomic E-state index is 0.196. The highest BCUT2D eigenvalue weighted by Gasteiger charge is 2.32. The number of hydrogen-bond acceptors (Lipinski definition) is 8. The van der Waals surface area contributed by atoms with E-state index in [9.17, 15) is 4.79 Å². The van der Waals surface area contributed by atoms with Gasteiger partial charge in [0.2, 0.25) is 0 Å². The van der Waals surface area contributed by atoms with Crippen molar-refractivity contribution in [1.82, 2.24) is 24.9 Å². The standard InChI is InChI=1S/C19H25ClN6O4/c1-24(16-10-15(28-2)17(20)22-21-16)18-13-11-25(19(27)29-3)7-4-14(13)26(23-18)12-5-8-30-9-6-12/h10,12H,4-9,11H2,1-3H3. The molecule has 1 saturated heterocycles. The van der Waals surface area contributed by atoms with Gasteiger partial charge in [-0.15, -0.1) is 10.2 Å². The number of carbonyl (C=O) groups excluding carboxylic acids is 1. The van der Waals surface area contributed by atoms with E-state index in [1.54, 1.807) is 11.0 Å². The van der Waals surface area contributed by atoms with Crippen molar-refractivity contribution in [3.8, 4) is 5.75 Å². The van der Waals surface area contributed by atoms with Crippen molar-refractivity contribution in [2.45, 2.75) is 31.8 Å². The molecule has 0 spiro atoms. The molecular weight excluding hydrogens is 412 g/mol. The molecular formula is C19H25ClN6O4. The summed E-state index contributed by atoms with van der Waals surface area (Å²) in [6, 6.07) is 1.99. The van der Waals surface area contributed by atoms with Crippen LogP contribution < -0.4 is 9.64 Å². The average molecular weight is 437 g/mol. The molecule has 0 atom stereocenters. The van der Waals surface area contributed by atoms with Gasteiger partial charge in [-0.3, -0.25) is 4.68 Å². The summed E-state index contributed by atoms with van der Waals surface area (Å²) in [5.41, 5.74) is 2.12. The van der Waals surface area contributed by atoms with Crippen LogP contribution in [0.2, 0.25) is 5.15 Å². The summed E-state index contributed by atoms with van der Waals surface area (Å²) in [5, 5.41) is 13.3. The molecule has 0 radical (unpaired) electrons. The van der Waals surface area contributed by atoms with Crippen LogP contribution in [0.25, 0.3) is 0 Å². The summed E-state index contributed by atoms with van der Waals surface area (Å²) < 4.78 is 17.8. The predicted octanol–water partition coefficient (Wildman–Crippen LogP) is 2.58. The molecule has 0 saturated carbocycles. The van der Waals surface area contributed by atoms with Crippen molar-refractivity contribution in [3.63, 3.8) is 0 Å². The maximum absolute atomic E-state index is 12.2. The molecule has 4 rings (SSSR count). The first-order valence-electron chi connectivity index (χ1n) is 9.85. The van der Waals surface area contributed by atoms with Gasteiger partial charge in [-0.1, -0.05) is 11.6 Å². The van der Waals surface area contributed by atoms with Gasteiger partial charge in [-0.05, 0) is 12.8 Å². The molecule has 1 fully saturated rings. The van der Waals surface area contributed by atoms with Crippen LogP contribution in [-0.2, 0) is 22.4 Å². The Morgan fingerprint density at radius 3 is 2.77 bits per heavy atom. The maximum Gasteiger partial charge on any atom is 0.409 e. The molecule has 0 aliphatic carbocycles. The van der Waals surface area contributed by atoms with Crippen LogP contribution in [0.1, 0.15) is 30.1 Å². The van der Waals surface area contributed by atoms with Gasteiger partial charge in [-0.2, -0.15) is 5.10 Å². The molecule has 11 heteroatoms. The number of hydrogen-bond donors (Lipinski definition) is 0. The zero-order chi connectivity index (χ0) is 21.3.